The van der Waals surface area contributed by atoms with E-state index in [4.69, 9.17) is 9.47 Å². The fourth-order valence-electron chi connectivity index (χ4n) is 3.77. The van der Waals surface area contributed by atoms with Crippen molar-refractivity contribution < 1.29 is 23.0 Å². The van der Waals surface area contributed by atoms with Gasteiger partial charge in [0.15, 0.2) is 11.5 Å². The smallest absolute Gasteiger partial charge is 0.314 e. The van der Waals surface area contributed by atoms with Gasteiger partial charge in [0, 0.05) is 0 Å². The van der Waals surface area contributed by atoms with Gasteiger partial charge in [-0.3, -0.25) is 4.79 Å². The molecular formula is C23H34F2O3. The molecule has 1 aliphatic carbocycles. The molecule has 0 atom stereocenters. The van der Waals surface area contributed by atoms with Crippen LogP contribution in [-0.4, -0.2) is 12.6 Å². The van der Waals surface area contributed by atoms with Gasteiger partial charge in [-0.2, -0.15) is 8.78 Å². The molecule has 0 unspecified atom stereocenters. The summed E-state index contributed by atoms with van der Waals surface area (Å²) in [5, 5.41) is 0. The standard InChI is InChI=1S/C23H34F2O3/c1-3-5-6-7-8-9-16-27-19-14-15-20(22(25)21(19)24)28-23(26)18-12-10-17(4-2)11-13-18/h14-15,17-18H,3-13,16H2,1-2H3/t17-,18-. The van der Waals surface area contributed by atoms with Gasteiger partial charge in [-0.05, 0) is 50.2 Å². The highest BCUT2D eigenvalue weighted by Gasteiger charge is 2.28. The van der Waals surface area contributed by atoms with Crippen molar-refractivity contribution in [2.75, 3.05) is 6.61 Å². The number of rotatable bonds is 11. The SMILES string of the molecule is CCCCCCCCOc1ccc(OC(=O)[C@H]2CC[C@H](CC)CC2)c(F)c1F. The maximum Gasteiger partial charge on any atom is 0.314 e. The number of halogens is 2. The van der Waals surface area contributed by atoms with Gasteiger partial charge in [0.1, 0.15) is 0 Å². The van der Waals surface area contributed by atoms with E-state index in [-0.39, 0.29) is 17.4 Å². The van der Waals surface area contributed by atoms with Crippen LogP contribution in [0, 0.1) is 23.5 Å². The highest BCUT2D eigenvalue weighted by Crippen LogP contribution is 2.33. The van der Waals surface area contributed by atoms with E-state index < -0.39 is 17.6 Å². The van der Waals surface area contributed by atoms with Gasteiger partial charge in [0.2, 0.25) is 11.6 Å². The summed E-state index contributed by atoms with van der Waals surface area (Å²) in [4.78, 5) is 12.3. The van der Waals surface area contributed by atoms with Crippen molar-refractivity contribution in [2.45, 2.75) is 84.5 Å². The van der Waals surface area contributed by atoms with Gasteiger partial charge in [-0.25, -0.2) is 0 Å². The van der Waals surface area contributed by atoms with Crippen LogP contribution in [0.2, 0.25) is 0 Å². The summed E-state index contributed by atoms with van der Waals surface area (Å²) in [6.07, 6.45) is 11.1. The van der Waals surface area contributed by atoms with Crippen LogP contribution in [0.1, 0.15) is 84.5 Å². The Morgan fingerprint density at radius 2 is 1.54 bits per heavy atom. The van der Waals surface area contributed by atoms with Crippen molar-refractivity contribution >= 4 is 5.97 Å². The van der Waals surface area contributed by atoms with Gasteiger partial charge in [0.05, 0.1) is 12.5 Å². The summed E-state index contributed by atoms with van der Waals surface area (Å²) in [5.41, 5.74) is 0. The number of hydrogen-bond donors (Lipinski definition) is 0. The van der Waals surface area contributed by atoms with E-state index in [0.29, 0.717) is 12.5 Å². The van der Waals surface area contributed by atoms with Crippen LogP contribution < -0.4 is 9.47 Å². The molecule has 0 aliphatic heterocycles. The minimum absolute atomic E-state index is 0.130. The lowest BCUT2D eigenvalue weighted by Crippen LogP contribution is -2.25. The van der Waals surface area contributed by atoms with Gasteiger partial charge in [0.25, 0.3) is 0 Å². The molecular weight excluding hydrogens is 362 g/mol. The fourth-order valence-corrected chi connectivity index (χ4v) is 3.77. The quantitative estimate of drug-likeness (QED) is 0.234. The van der Waals surface area contributed by atoms with Gasteiger partial charge in [-0.1, -0.05) is 52.4 Å². The summed E-state index contributed by atoms with van der Waals surface area (Å²) >= 11 is 0. The lowest BCUT2D eigenvalue weighted by molar-refractivity contribution is -0.140. The van der Waals surface area contributed by atoms with Crippen LogP contribution in [-0.2, 0) is 4.79 Å². The molecule has 0 bridgehead atoms. The maximum atomic E-state index is 14.3. The first-order valence-corrected chi connectivity index (χ1v) is 10.9. The highest BCUT2D eigenvalue weighted by atomic mass is 19.2. The Balaban J connectivity index is 1.81. The van der Waals surface area contributed by atoms with Gasteiger partial charge >= 0.3 is 5.97 Å². The molecule has 0 radical (unpaired) electrons. The zero-order chi connectivity index (χ0) is 20.4. The van der Waals surface area contributed by atoms with E-state index in [0.717, 1.165) is 51.4 Å². The lowest BCUT2D eigenvalue weighted by atomic mass is 9.81. The van der Waals surface area contributed by atoms with Crippen LogP contribution in [0.25, 0.3) is 0 Å². The molecule has 1 aromatic carbocycles. The molecule has 158 valence electrons. The topological polar surface area (TPSA) is 35.5 Å². The van der Waals surface area contributed by atoms with Crippen LogP contribution in [0.3, 0.4) is 0 Å². The van der Waals surface area contributed by atoms with Gasteiger partial charge in [-0.15, -0.1) is 0 Å². The van der Waals surface area contributed by atoms with Crippen LogP contribution in [0.15, 0.2) is 12.1 Å². The third kappa shape index (κ3) is 6.75. The molecule has 0 spiro atoms. The fraction of sp³-hybridized carbons (Fsp3) is 0.696. The van der Waals surface area contributed by atoms with Gasteiger partial charge < -0.3 is 9.47 Å². The predicted octanol–water partition coefficient (Wildman–Crippen LogP) is 6.83. The minimum Gasteiger partial charge on any atom is -0.490 e. The number of benzene rings is 1. The van der Waals surface area contributed by atoms with Crippen molar-refractivity contribution in [1.29, 1.82) is 0 Å². The second-order valence-electron chi connectivity index (χ2n) is 7.85. The Hall–Kier alpha value is -1.65. The maximum absolute atomic E-state index is 14.3. The molecule has 0 amide bonds. The average molecular weight is 397 g/mol. The minimum atomic E-state index is -1.16. The molecule has 28 heavy (non-hydrogen) atoms. The summed E-state index contributed by atoms with van der Waals surface area (Å²) in [6, 6.07) is 2.62. The third-order valence-electron chi connectivity index (χ3n) is 5.73. The van der Waals surface area contributed by atoms with Crippen molar-refractivity contribution in [3.8, 4) is 11.5 Å². The van der Waals surface area contributed by atoms with E-state index in [1.54, 1.807) is 0 Å². The Bertz CT molecular complexity index is 610. The van der Waals surface area contributed by atoms with Crippen LogP contribution >= 0.6 is 0 Å². The normalized spacial score (nSPS) is 19.4. The number of unbranched alkanes of at least 4 members (excludes halogenated alkanes) is 5. The summed E-state index contributed by atoms with van der Waals surface area (Å²) in [6.45, 7) is 4.66. The Kier molecular flexibility index (Phi) is 9.72. The van der Waals surface area contributed by atoms with Crippen molar-refractivity contribution in [3.63, 3.8) is 0 Å². The largest absolute Gasteiger partial charge is 0.490 e. The molecule has 1 fully saturated rings. The molecule has 0 N–H and O–H groups in total. The molecule has 1 aromatic rings. The first-order valence-electron chi connectivity index (χ1n) is 10.9. The van der Waals surface area contributed by atoms with E-state index in [2.05, 4.69) is 13.8 Å². The monoisotopic (exact) mass is 396 g/mol. The first kappa shape index (κ1) is 22.6. The molecule has 2 rings (SSSR count). The zero-order valence-corrected chi connectivity index (χ0v) is 17.3. The molecule has 0 heterocycles. The molecule has 5 heteroatoms. The predicted molar refractivity (Wildman–Crippen MR) is 107 cm³/mol. The van der Waals surface area contributed by atoms with E-state index in [1.165, 1.54) is 31.4 Å². The number of hydrogen-bond acceptors (Lipinski definition) is 3. The number of carbonyl (C=O) groups is 1. The van der Waals surface area contributed by atoms with E-state index >= 15 is 0 Å². The summed E-state index contributed by atoms with van der Waals surface area (Å²) < 4.78 is 39.1. The van der Waals surface area contributed by atoms with Crippen molar-refractivity contribution in [2.24, 2.45) is 11.8 Å². The highest BCUT2D eigenvalue weighted by molar-refractivity contribution is 5.75. The van der Waals surface area contributed by atoms with Crippen molar-refractivity contribution in [1.82, 2.24) is 0 Å². The Morgan fingerprint density at radius 3 is 2.21 bits per heavy atom. The lowest BCUT2D eigenvalue weighted by Gasteiger charge is -2.26. The Morgan fingerprint density at radius 1 is 0.929 bits per heavy atom. The summed E-state index contributed by atoms with van der Waals surface area (Å²) in [7, 11) is 0. The number of carbonyl (C=O) groups excluding carboxylic acids is 1. The number of esters is 1. The third-order valence-corrected chi connectivity index (χ3v) is 5.73. The first-order chi connectivity index (χ1) is 13.6. The molecule has 1 saturated carbocycles. The van der Waals surface area contributed by atoms with Crippen LogP contribution in [0.5, 0.6) is 11.5 Å². The van der Waals surface area contributed by atoms with E-state index in [9.17, 15) is 13.6 Å². The molecule has 3 nitrogen and oxygen atoms in total. The van der Waals surface area contributed by atoms with E-state index in [1.807, 2.05) is 0 Å². The molecule has 0 saturated heterocycles. The zero-order valence-electron chi connectivity index (χ0n) is 17.3. The second kappa shape index (κ2) is 12.0. The Labute approximate surface area is 167 Å². The average Bonchev–Trinajstić information content (AvgIpc) is 2.72. The second-order valence-corrected chi connectivity index (χ2v) is 7.85. The van der Waals surface area contributed by atoms with Crippen molar-refractivity contribution in [3.05, 3.63) is 23.8 Å². The molecule has 1 aliphatic rings. The van der Waals surface area contributed by atoms with Crippen LogP contribution in [0.4, 0.5) is 8.78 Å². The summed E-state index contributed by atoms with van der Waals surface area (Å²) in [5.74, 6) is -2.77. The molecule has 0 aromatic heterocycles. The number of ether oxygens (including phenoxy) is 2.